The number of carbonyl (C=O) groups excluding carboxylic acids is 2. The van der Waals surface area contributed by atoms with Gasteiger partial charge in [-0.05, 0) is 56.2 Å². The quantitative estimate of drug-likeness (QED) is 0.824. The van der Waals surface area contributed by atoms with E-state index in [2.05, 4.69) is 18.6 Å². The number of benzene rings is 2. The van der Waals surface area contributed by atoms with Gasteiger partial charge >= 0.3 is 0 Å². The molecule has 134 valence electrons. The van der Waals surface area contributed by atoms with Crippen molar-refractivity contribution in [2.75, 3.05) is 0 Å². The van der Waals surface area contributed by atoms with Crippen molar-refractivity contribution in [1.29, 1.82) is 0 Å². The van der Waals surface area contributed by atoms with Crippen molar-refractivity contribution in [2.24, 2.45) is 0 Å². The maximum absolute atomic E-state index is 12.9. The lowest BCUT2D eigenvalue weighted by molar-refractivity contribution is 0.0358. The van der Waals surface area contributed by atoms with Crippen LogP contribution in [-0.2, 0) is 0 Å². The number of nitrogens with zero attached hydrogens (tertiary/aromatic N) is 1. The summed E-state index contributed by atoms with van der Waals surface area (Å²) in [6.07, 6.45) is 3.42. The Hall–Kier alpha value is -3.14. The smallest absolute Gasteiger partial charge is 0.267 e. The van der Waals surface area contributed by atoms with Crippen molar-refractivity contribution in [3.05, 3.63) is 83.9 Å². The molecule has 2 rings (SSSR count). The molecule has 0 saturated heterocycles. The van der Waals surface area contributed by atoms with Crippen molar-refractivity contribution in [3.63, 3.8) is 0 Å². The Morgan fingerprint density at radius 1 is 0.846 bits per heavy atom. The summed E-state index contributed by atoms with van der Waals surface area (Å²) in [4.78, 5) is 25.5. The molecule has 4 nitrogen and oxygen atoms in total. The van der Waals surface area contributed by atoms with Crippen LogP contribution < -0.4 is 5.43 Å². The number of hydrogen-bond acceptors (Lipinski definition) is 2. The molecule has 1 N–H and O–H groups in total. The van der Waals surface area contributed by atoms with Crippen LogP contribution in [0.2, 0.25) is 0 Å². The van der Waals surface area contributed by atoms with Crippen LogP contribution in [0.15, 0.2) is 61.7 Å². The molecule has 0 heterocycles. The number of nitrogens with one attached hydrogen (secondary N) is 1. The summed E-state index contributed by atoms with van der Waals surface area (Å²) in [5.41, 5.74) is 4.96. The van der Waals surface area contributed by atoms with Crippen LogP contribution >= 0.6 is 0 Å². The third-order valence-electron chi connectivity index (χ3n) is 3.89. The van der Waals surface area contributed by atoms with E-state index in [1.165, 1.54) is 5.01 Å². The predicted octanol–water partition coefficient (Wildman–Crippen LogP) is 4.56. The van der Waals surface area contributed by atoms with Crippen molar-refractivity contribution in [3.8, 4) is 0 Å². The molecule has 0 saturated carbocycles. The van der Waals surface area contributed by atoms with Gasteiger partial charge in [-0.2, -0.15) is 0 Å². The second kappa shape index (κ2) is 7.83. The number of hydrogen-bond donors (Lipinski definition) is 1. The molecule has 0 radical (unpaired) electrons. The van der Waals surface area contributed by atoms with Gasteiger partial charge in [0.05, 0.1) is 5.54 Å². The van der Waals surface area contributed by atoms with Crippen molar-refractivity contribution < 1.29 is 9.59 Å². The third-order valence-corrected chi connectivity index (χ3v) is 3.89. The molecule has 2 amide bonds. The van der Waals surface area contributed by atoms with Gasteiger partial charge in [-0.25, -0.2) is 5.01 Å². The van der Waals surface area contributed by atoms with E-state index in [0.717, 1.165) is 11.1 Å². The molecular formula is C22H24N2O2. The average Bonchev–Trinajstić information content (AvgIpc) is 2.64. The fourth-order valence-corrected chi connectivity index (χ4v) is 2.35. The first-order valence-electron chi connectivity index (χ1n) is 8.37. The Balaban J connectivity index is 2.25. The summed E-state index contributed by atoms with van der Waals surface area (Å²) >= 11 is 0. The number of amides is 2. The summed E-state index contributed by atoms with van der Waals surface area (Å²) in [7, 11) is 0. The molecule has 2 aromatic carbocycles. The van der Waals surface area contributed by atoms with Crippen LogP contribution in [0, 0.1) is 0 Å². The maximum atomic E-state index is 12.9. The average molecular weight is 348 g/mol. The van der Waals surface area contributed by atoms with Crippen LogP contribution in [0.4, 0.5) is 0 Å². The Morgan fingerprint density at radius 2 is 1.27 bits per heavy atom. The van der Waals surface area contributed by atoms with Crippen LogP contribution in [0.25, 0.3) is 12.2 Å². The molecule has 0 bridgehead atoms. The molecule has 0 aliphatic rings. The SMILES string of the molecule is C=Cc1ccc(C(=O)NN(C(=O)c2ccc(C=C)cc2)C(C)(C)C)cc1. The van der Waals surface area contributed by atoms with Crippen molar-refractivity contribution in [1.82, 2.24) is 10.4 Å². The molecule has 26 heavy (non-hydrogen) atoms. The largest absolute Gasteiger partial charge is 0.272 e. The Labute approximate surface area is 154 Å². The molecule has 4 heteroatoms. The van der Waals surface area contributed by atoms with E-state index >= 15 is 0 Å². The summed E-state index contributed by atoms with van der Waals surface area (Å²) in [5, 5.41) is 1.36. The van der Waals surface area contributed by atoms with Gasteiger partial charge in [-0.15, -0.1) is 0 Å². The van der Waals surface area contributed by atoms with Gasteiger partial charge in [0.1, 0.15) is 0 Å². The molecule has 0 aliphatic heterocycles. The maximum Gasteiger partial charge on any atom is 0.272 e. The highest BCUT2D eigenvalue weighted by Crippen LogP contribution is 2.17. The van der Waals surface area contributed by atoms with Crippen LogP contribution in [-0.4, -0.2) is 22.4 Å². The first kappa shape index (κ1) is 19.2. The highest BCUT2D eigenvalue weighted by molar-refractivity contribution is 5.99. The van der Waals surface area contributed by atoms with E-state index in [1.54, 1.807) is 48.6 Å². The Kier molecular flexibility index (Phi) is 5.78. The Morgan fingerprint density at radius 3 is 1.65 bits per heavy atom. The Bertz CT molecular complexity index is 813. The van der Waals surface area contributed by atoms with E-state index in [4.69, 9.17) is 0 Å². The predicted molar refractivity (Wildman–Crippen MR) is 106 cm³/mol. The summed E-state index contributed by atoms with van der Waals surface area (Å²) < 4.78 is 0. The summed E-state index contributed by atoms with van der Waals surface area (Å²) in [6.45, 7) is 13.0. The molecular weight excluding hydrogens is 324 g/mol. The van der Waals surface area contributed by atoms with E-state index in [9.17, 15) is 9.59 Å². The lowest BCUT2D eigenvalue weighted by atomic mass is 10.1. The molecule has 2 aromatic rings. The second-order valence-corrected chi connectivity index (χ2v) is 6.90. The van der Waals surface area contributed by atoms with Crippen molar-refractivity contribution in [2.45, 2.75) is 26.3 Å². The molecule has 0 atom stereocenters. The monoisotopic (exact) mass is 348 g/mol. The second-order valence-electron chi connectivity index (χ2n) is 6.90. The zero-order chi connectivity index (χ0) is 19.3. The van der Waals surface area contributed by atoms with Crippen LogP contribution in [0.3, 0.4) is 0 Å². The van der Waals surface area contributed by atoms with E-state index in [0.29, 0.717) is 11.1 Å². The van der Waals surface area contributed by atoms with Gasteiger partial charge in [0, 0.05) is 11.1 Å². The zero-order valence-corrected chi connectivity index (χ0v) is 15.5. The number of carbonyl (C=O) groups is 2. The molecule has 0 fully saturated rings. The van der Waals surface area contributed by atoms with Crippen molar-refractivity contribution >= 4 is 24.0 Å². The lowest BCUT2D eigenvalue weighted by Gasteiger charge is -2.35. The third kappa shape index (κ3) is 4.48. The minimum Gasteiger partial charge on any atom is -0.267 e. The van der Waals surface area contributed by atoms with Gasteiger partial charge in [0.2, 0.25) is 0 Å². The fraction of sp³-hybridized carbons (Fsp3) is 0.182. The van der Waals surface area contributed by atoms with Gasteiger partial charge in [0.15, 0.2) is 0 Å². The number of hydrazine groups is 1. The first-order valence-corrected chi connectivity index (χ1v) is 8.37. The highest BCUT2D eigenvalue weighted by Gasteiger charge is 2.29. The first-order chi connectivity index (χ1) is 12.3. The van der Waals surface area contributed by atoms with Gasteiger partial charge in [-0.1, -0.05) is 49.6 Å². The zero-order valence-electron chi connectivity index (χ0n) is 15.5. The summed E-state index contributed by atoms with van der Waals surface area (Å²) in [6, 6.07) is 14.1. The van der Waals surface area contributed by atoms with Crippen LogP contribution in [0.5, 0.6) is 0 Å². The topological polar surface area (TPSA) is 49.4 Å². The molecule has 0 unspecified atom stereocenters. The van der Waals surface area contributed by atoms with Gasteiger partial charge in [-0.3, -0.25) is 15.0 Å². The highest BCUT2D eigenvalue weighted by atomic mass is 16.2. The minimum absolute atomic E-state index is 0.274. The van der Waals surface area contributed by atoms with E-state index in [-0.39, 0.29) is 11.8 Å². The lowest BCUT2D eigenvalue weighted by Crippen LogP contribution is -2.55. The molecule has 0 aromatic heterocycles. The molecule has 0 spiro atoms. The van der Waals surface area contributed by atoms with Gasteiger partial charge < -0.3 is 0 Å². The molecule has 0 aliphatic carbocycles. The standard InChI is InChI=1S/C22H24N2O2/c1-6-16-8-12-18(13-9-16)20(25)23-24(22(3,4)5)21(26)19-14-10-17(7-2)11-15-19/h6-15H,1-2H2,3-5H3,(H,23,25). The summed E-state index contributed by atoms with van der Waals surface area (Å²) in [5.74, 6) is -0.615. The number of rotatable bonds is 4. The fourth-order valence-electron chi connectivity index (χ4n) is 2.35. The minimum atomic E-state index is -0.592. The van der Waals surface area contributed by atoms with E-state index < -0.39 is 5.54 Å². The van der Waals surface area contributed by atoms with E-state index in [1.807, 2.05) is 32.9 Å². The van der Waals surface area contributed by atoms with Gasteiger partial charge in [0.25, 0.3) is 11.8 Å². The van der Waals surface area contributed by atoms with Crippen LogP contribution in [0.1, 0.15) is 52.6 Å². The normalized spacial score (nSPS) is 10.7.